The Morgan fingerprint density at radius 1 is 0.929 bits per heavy atom. The van der Waals surface area contributed by atoms with E-state index in [2.05, 4.69) is 26.0 Å². The third-order valence-electron chi connectivity index (χ3n) is 3.85. The van der Waals surface area contributed by atoms with Crippen molar-refractivity contribution in [3.63, 3.8) is 0 Å². The fourth-order valence-electron chi connectivity index (χ4n) is 2.42. The molecule has 0 bridgehead atoms. The summed E-state index contributed by atoms with van der Waals surface area (Å²) in [5.74, 6) is 0.260. The van der Waals surface area contributed by atoms with E-state index < -0.39 is 10.0 Å². The molecule has 28 heavy (non-hydrogen) atoms. The van der Waals surface area contributed by atoms with Crippen LogP contribution in [0.4, 0.5) is 11.4 Å². The largest absolute Gasteiger partial charge is 0.497 e. The molecule has 0 spiro atoms. The molecule has 0 radical (unpaired) electrons. The minimum absolute atomic E-state index is 0.0924. The number of ether oxygens (including phenoxy) is 1. The molecule has 144 valence electrons. The zero-order valence-corrected chi connectivity index (χ0v) is 17.2. The number of halogens is 1. The molecule has 0 saturated heterocycles. The van der Waals surface area contributed by atoms with Crippen LogP contribution in [0, 0.1) is 0 Å². The minimum atomic E-state index is -3.73. The molecule has 3 aromatic carbocycles. The maximum atomic E-state index is 12.5. The highest BCUT2D eigenvalue weighted by Crippen LogP contribution is 2.21. The van der Waals surface area contributed by atoms with Crippen LogP contribution < -0.4 is 14.8 Å². The lowest BCUT2D eigenvalue weighted by Crippen LogP contribution is -2.14. The van der Waals surface area contributed by atoms with Crippen LogP contribution in [0.5, 0.6) is 5.75 Å². The van der Waals surface area contributed by atoms with E-state index in [4.69, 9.17) is 4.74 Å². The first kappa shape index (κ1) is 19.9. The van der Waals surface area contributed by atoms with Gasteiger partial charge in [0.1, 0.15) is 5.75 Å². The lowest BCUT2D eigenvalue weighted by atomic mass is 10.2. The van der Waals surface area contributed by atoms with Crippen molar-refractivity contribution in [3.05, 3.63) is 82.8 Å². The predicted molar refractivity (Wildman–Crippen MR) is 112 cm³/mol. The van der Waals surface area contributed by atoms with Gasteiger partial charge in [0.25, 0.3) is 15.9 Å². The molecule has 0 fully saturated rings. The normalized spacial score (nSPS) is 10.9. The Morgan fingerprint density at radius 2 is 1.57 bits per heavy atom. The molecule has 0 unspecified atom stereocenters. The molecule has 6 nitrogen and oxygen atoms in total. The Balaban J connectivity index is 1.71. The third-order valence-corrected chi connectivity index (χ3v) is 5.78. The summed E-state index contributed by atoms with van der Waals surface area (Å²) in [7, 11) is -2.20. The molecule has 3 rings (SSSR count). The van der Waals surface area contributed by atoms with E-state index in [1.807, 2.05) is 0 Å². The Bertz CT molecular complexity index is 1080. The fourth-order valence-corrected chi connectivity index (χ4v) is 3.74. The van der Waals surface area contributed by atoms with Crippen LogP contribution in [-0.4, -0.2) is 21.4 Å². The SMILES string of the molecule is COc1cccc(C(=O)Nc2ccc(S(=O)(=O)Nc3ccc(Br)cc3)cc2)c1. The van der Waals surface area contributed by atoms with Crippen LogP contribution in [0.2, 0.25) is 0 Å². The standard InChI is InChI=1S/C20H17BrN2O4S/c1-27-18-4-2-3-14(13-18)20(24)22-16-9-11-19(12-10-16)28(25,26)23-17-7-5-15(21)6-8-17/h2-13,23H,1H3,(H,22,24). The summed E-state index contributed by atoms with van der Waals surface area (Å²) in [6, 6.07) is 19.5. The van der Waals surface area contributed by atoms with Gasteiger partial charge in [-0.3, -0.25) is 9.52 Å². The predicted octanol–water partition coefficient (Wildman–Crippen LogP) is 4.51. The molecule has 0 aliphatic rings. The highest BCUT2D eigenvalue weighted by atomic mass is 79.9. The summed E-state index contributed by atoms with van der Waals surface area (Å²) in [6.07, 6.45) is 0. The monoisotopic (exact) mass is 460 g/mol. The average molecular weight is 461 g/mol. The third kappa shape index (κ3) is 4.90. The Hall–Kier alpha value is -2.84. The van der Waals surface area contributed by atoms with Gasteiger partial charge in [0, 0.05) is 21.4 Å². The summed E-state index contributed by atoms with van der Waals surface area (Å²) in [4.78, 5) is 12.4. The summed E-state index contributed by atoms with van der Waals surface area (Å²) in [5.41, 5.74) is 1.38. The van der Waals surface area contributed by atoms with E-state index in [1.54, 1.807) is 48.5 Å². The number of carbonyl (C=O) groups is 1. The van der Waals surface area contributed by atoms with Crippen LogP contribution >= 0.6 is 15.9 Å². The second-order valence-corrected chi connectivity index (χ2v) is 8.42. The van der Waals surface area contributed by atoms with Crippen molar-refractivity contribution < 1.29 is 17.9 Å². The lowest BCUT2D eigenvalue weighted by Gasteiger charge is -2.10. The minimum Gasteiger partial charge on any atom is -0.497 e. The summed E-state index contributed by atoms with van der Waals surface area (Å²) in [5, 5.41) is 2.73. The van der Waals surface area contributed by atoms with Crippen molar-refractivity contribution in [2.45, 2.75) is 4.90 Å². The zero-order valence-electron chi connectivity index (χ0n) is 14.8. The molecule has 1 amide bonds. The van der Waals surface area contributed by atoms with Gasteiger partial charge in [0.15, 0.2) is 0 Å². The van der Waals surface area contributed by atoms with Gasteiger partial charge in [-0.15, -0.1) is 0 Å². The maximum absolute atomic E-state index is 12.5. The van der Waals surface area contributed by atoms with Gasteiger partial charge in [-0.2, -0.15) is 0 Å². The van der Waals surface area contributed by atoms with Gasteiger partial charge in [-0.25, -0.2) is 8.42 Å². The summed E-state index contributed by atoms with van der Waals surface area (Å²) in [6.45, 7) is 0. The fraction of sp³-hybridized carbons (Fsp3) is 0.0500. The molecule has 0 aliphatic carbocycles. The first-order valence-electron chi connectivity index (χ1n) is 8.21. The van der Waals surface area contributed by atoms with Gasteiger partial charge in [-0.05, 0) is 66.7 Å². The van der Waals surface area contributed by atoms with E-state index in [0.29, 0.717) is 22.7 Å². The molecule has 0 aliphatic heterocycles. The summed E-state index contributed by atoms with van der Waals surface area (Å²) >= 11 is 3.30. The first-order valence-corrected chi connectivity index (χ1v) is 10.5. The quantitative estimate of drug-likeness (QED) is 0.566. The van der Waals surface area contributed by atoms with Gasteiger partial charge in [0.2, 0.25) is 0 Å². The van der Waals surface area contributed by atoms with E-state index >= 15 is 0 Å². The number of benzene rings is 3. The molecule has 2 N–H and O–H groups in total. The van der Waals surface area contributed by atoms with E-state index in [9.17, 15) is 13.2 Å². The molecule has 0 saturated carbocycles. The van der Waals surface area contributed by atoms with Crippen molar-refractivity contribution in [1.29, 1.82) is 0 Å². The van der Waals surface area contributed by atoms with Crippen molar-refractivity contribution in [3.8, 4) is 5.75 Å². The van der Waals surface area contributed by atoms with Crippen molar-refractivity contribution >= 4 is 43.2 Å². The van der Waals surface area contributed by atoms with Crippen molar-refractivity contribution in [1.82, 2.24) is 0 Å². The van der Waals surface area contributed by atoms with Crippen LogP contribution in [0.1, 0.15) is 10.4 Å². The lowest BCUT2D eigenvalue weighted by molar-refractivity contribution is 0.102. The zero-order chi connectivity index (χ0) is 20.1. The number of nitrogens with one attached hydrogen (secondary N) is 2. The molecule has 8 heteroatoms. The van der Waals surface area contributed by atoms with Crippen molar-refractivity contribution in [2.75, 3.05) is 17.1 Å². The Morgan fingerprint density at radius 3 is 2.21 bits per heavy atom. The number of rotatable bonds is 6. The number of hydrogen-bond donors (Lipinski definition) is 2. The number of methoxy groups -OCH3 is 1. The van der Waals surface area contributed by atoms with E-state index in [0.717, 1.165) is 4.47 Å². The summed E-state index contributed by atoms with van der Waals surface area (Å²) < 4.78 is 33.4. The van der Waals surface area contributed by atoms with Crippen LogP contribution in [0.15, 0.2) is 82.2 Å². The average Bonchev–Trinajstić information content (AvgIpc) is 2.70. The number of sulfonamides is 1. The molecule has 0 heterocycles. The molecule has 0 atom stereocenters. The molecule has 0 aromatic heterocycles. The van der Waals surface area contributed by atoms with Crippen LogP contribution in [0.3, 0.4) is 0 Å². The van der Waals surface area contributed by atoms with Crippen molar-refractivity contribution in [2.24, 2.45) is 0 Å². The number of hydrogen-bond acceptors (Lipinski definition) is 4. The van der Waals surface area contributed by atoms with Gasteiger partial charge < -0.3 is 10.1 Å². The first-order chi connectivity index (χ1) is 13.4. The van der Waals surface area contributed by atoms with Crippen LogP contribution in [0.25, 0.3) is 0 Å². The number of anilines is 2. The smallest absolute Gasteiger partial charge is 0.261 e. The topological polar surface area (TPSA) is 84.5 Å². The van der Waals surface area contributed by atoms with Gasteiger partial charge in [-0.1, -0.05) is 22.0 Å². The molecular formula is C20H17BrN2O4S. The van der Waals surface area contributed by atoms with Crippen LogP contribution in [-0.2, 0) is 10.0 Å². The van der Waals surface area contributed by atoms with E-state index in [-0.39, 0.29) is 10.8 Å². The van der Waals surface area contributed by atoms with E-state index in [1.165, 1.54) is 31.4 Å². The Kier molecular flexibility index (Phi) is 6.01. The number of amides is 1. The van der Waals surface area contributed by atoms with Gasteiger partial charge in [0.05, 0.1) is 12.0 Å². The Labute approximate surface area is 171 Å². The highest BCUT2D eigenvalue weighted by molar-refractivity contribution is 9.10. The molecular weight excluding hydrogens is 444 g/mol. The molecule has 3 aromatic rings. The second kappa shape index (κ2) is 8.45. The maximum Gasteiger partial charge on any atom is 0.261 e. The number of carbonyl (C=O) groups excluding carboxylic acids is 1. The second-order valence-electron chi connectivity index (χ2n) is 5.82. The van der Waals surface area contributed by atoms with Gasteiger partial charge >= 0.3 is 0 Å². The highest BCUT2D eigenvalue weighted by Gasteiger charge is 2.14.